The minimum absolute atomic E-state index is 0.0347. The summed E-state index contributed by atoms with van der Waals surface area (Å²) >= 11 is 6.99. The molecular formula is C17H8ClF5N4O2S2. The number of alkyl halides is 3. The number of hydrogen-bond acceptors (Lipinski definition) is 5. The molecule has 0 unspecified atom stereocenters. The van der Waals surface area contributed by atoms with E-state index in [4.69, 9.17) is 11.6 Å². The van der Waals surface area contributed by atoms with E-state index in [1.165, 1.54) is 10.9 Å². The van der Waals surface area contributed by atoms with Crippen LogP contribution in [0.1, 0.15) is 5.56 Å². The number of rotatable bonds is 4. The molecule has 0 saturated carbocycles. The highest BCUT2D eigenvalue weighted by Crippen LogP contribution is 2.35. The van der Waals surface area contributed by atoms with Gasteiger partial charge in [-0.05, 0) is 24.3 Å². The van der Waals surface area contributed by atoms with Crippen LogP contribution in [0.25, 0.3) is 16.6 Å². The molecule has 2 aromatic carbocycles. The number of hydrogen-bond donors (Lipinski definition) is 1. The number of aromatic nitrogens is 3. The fourth-order valence-electron chi connectivity index (χ4n) is 2.78. The first kappa shape index (κ1) is 21.5. The second-order valence-corrected chi connectivity index (χ2v) is 8.87. The monoisotopic (exact) mass is 494 g/mol. The number of thiazole rings is 1. The number of sulfonamides is 1. The number of halogens is 6. The van der Waals surface area contributed by atoms with Crippen LogP contribution in [0.2, 0.25) is 5.15 Å². The van der Waals surface area contributed by atoms with Crippen LogP contribution in [0.5, 0.6) is 0 Å². The second kappa shape index (κ2) is 7.43. The lowest BCUT2D eigenvalue weighted by atomic mass is 10.1. The van der Waals surface area contributed by atoms with Gasteiger partial charge in [-0.3, -0.25) is 4.72 Å². The Morgan fingerprint density at radius 2 is 1.84 bits per heavy atom. The van der Waals surface area contributed by atoms with Crippen molar-refractivity contribution in [3.8, 4) is 5.69 Å². The van der Waals surface area contributed by atoms with Gasteiger partial charge in [-0.1, -0.05) is 11.6 Å². The van der Waals surface area contributed by atoms with E-state index in [-0.39, 0.29) is 21.9 Å². The van der Waals surface area contributed by atoms with E-state index in [1.807, 2.05) is 4.72 Å². The third kappa shape index (κ3) is 3.95. The molecule has 14 heteroatoms. The molecule has 31 heavy (non-hydrogen) atoms. The van der Waals surface area contributed by atoms with Gasteiger partial charge in [-0.25, -0.2) is 26.9 Å². The molecule has 0 aliphatic rings. The van der Waals surface area contributed by atoms with Crippen LogP contribution in [0.3, 0.4) is 0 Å². The Hall–Kier alpha value is -2.77. The predicted octanol–water partition coefficient (Wildman–Crippen LogP) is 5.23. The lowest BCUT2D eigenvalue weighted by Crippen LogP contribution is -2.16. The van der Waals surface area contributed by atoms with Crippen molar-refractivity contribution in [2.24, 2.45) is 0 Å². The topological polar surface area (TPSA) is 76.9 Å². The summed E-state index contributed by atoms with van der Waals surface area (Å²) in [6, 6.07) is 3.47. The van der Waals surface area contributed by atoms with Crippen molar-refractivity contribution in [3.05, 3.63) is 63.6 Å². The Balaban J connectivity index is 1.81. The molecule has 0 aliphatic heterocycles. The summed E-state index contributed by atoms with van der Waals surface area (Å²) in [4.78, 5) is 2.73. The van der Waals surface area contributed by atoms with Gasteiger partial charge >= 0.3 is 6.18 Å². The van der Waals surface area contributed by atoms with Crippen molar-refractivity contribution in [1.82, 2.24) is 14.8 Å². The van der Waals surface area contributed by atoms with E-state index in [1.54, 1.807) is 0 Å². The first-order valence-electron chi connectivity index (χ1n) is 8.13. The Labute approximate surface area is 180 Å². The molecule has 6 nitrogen and oxygen atoms in total. The van der Waals surface area contributed by atoms with Crippen LogP contribution in [0, 0.1) is 11.6 Å². The van der Waals surface area contributed by atoms with Crippen molar-refractivity contribution >= 4 is 49.7 Å². The standard InChI is InChI=1S/C17H8ClF5N4O2S2/c18-16-9-3-8(17(21,22)23)1-2-12(9)27(25-16)13-4-11(20)14(5-10(13)19)31(28,29)26-15-6-30-7-24-15/h1-7,26H. The number of benzene rings is 2. The maximum atomic E-state index is 14.8. The third-order valence-corrected chi connectivity index (χ3v) is 6.39. The molecular weight excluding hydrogens is 487 g/mol. The van der Waals surface area contributed by atoms with Gasteiger partial charge in [0.1, 0.15) is 22.2 Å². The van der Waals surface area contributed by atoms with E-state index < -0.39 is 44.0 Å². The summed E-state index contributed by atoms with van der Waals surface area (Å²) in [5.74, 6) is -2.58. The SMILES string of the molecule is O=S(=O)(Nc1cscn1)c1cc(F)c(-n2nc(Cl)c3cc(C(F)(F)F)ccc32)cc1F. The van der Waals surface area contributed by atoms with E-state index in [0.29, 0.717) is 12.1 Å². The smallest absolute Gasteiger partial charge is 0.263 e. The average Bonchev–Trinajstić information content (AvgIpc) is 3.29. The molecule has 0 saturated heterocycles. The predicted molar refractivity (Wildman–Crippen MR) is 104 cm³/mol. The van der Waals surface area contributed by atoms with Gasteiger partial charge in [0.05, 0.1) is 16.6 Å². The van der Waals surface area contributed by atoms with E-state index in [2.05, 4.69) is 10.1 Å². The lowest BCUT2D eigenvalue weighted by Gasteiger charge is -2.11. The van der Waals surface area contributed by atoms with Crippen molar-refractivity contribution in [1.29, 1.82) is 0 Å². The molecule has 0 fully saturated rings. The summed E-state index contributed by atoms with van der Waals surface area (Å²) in [5, 5.41) is 4.61. The van der Waals surface area contributed by atoms with Crippen molar-refractivity contribution in [2.75, 3.05) is 4.72 Å². The molecule has 0 atom stereocenters. The Kier molecular flexibility index (Phi) is 5.14. The van der Waals surface area contributed by atoms with Crippen molar-refractivity contribution < 1.29 is 30.4 Å². The molecule has 4 aromatic rings. The Morgan fingerprint density at radius 1 is 1.10 bits per heavy atom. The minimum Gasteiger partial charge on any atom is -0.263 e. The number of anilines is 1. The van der Waals surface area contributed by atoms with Crippen LogP contribution in [0.4, 0.5) is 27.8 Å². The zero-order valence-electron chi connectivity index (χ0n) is 14.8. The second-order valence-electron chi connectivity index (χ2n) is 6.15. The van der Waals surface area contributed by atoms with Crippen molar-refractivity contribution in [2.45, 2.75) is 11.1 Å². The zero-order chi connectivity index (χ0) is 22.6. The number of nitrogens with one attached hydrogen (secondary N) is 1. The first-order valence-corrected chi connectivity index (χ1v) is 10.9. The highest BCUT2D eigenvalue weighted by atomic mass is 35.5. The van der Waals surface area contributed by atoms with Gasteiger partial charge < -0.3 is 0 Å². The largest absolute Gasteiger partial charge is 0.416 e. The molecule has 0 radical (unpaired) electrons. The Bertz CT molecular complexity index is 1400. The molecule has 0 bridgehead atoms. The minimum atomic E-state index is -4.64. The maximum absolute atomic E-state index is 14.8. The highest BCUT2D eigenvalue weighted by Gasteiger charge is 2.31. The van der Waals surface area contributed by atoms with Gasteiger partial charge in [0.15, 0.2) is 11.0 Å². The van der Waals surface area contributed by atoms with Crippen LogP contribution in [-0.2, 0) is 16.2 Å². The molecule has 4 rings (SSSR count). The first-order chi connectivity index (χ1) is 14.5. The normalized spacial score (nSPS) is 12.5. The fourth-order valence-corrected chi connectivity index (χ4v) is 4.64. The van der Waals surface area contributed by atoms with Gasteiger partial charge in [0, 0.05) is 16.8 Å². The summed E-state index contributed by atoms with van der Waals surface area (Å²) in [7, 11) is -4.50. The van der Waals surface area contributed by atoms with Crippen molar-refractivity contribution in [3.63, 3.8) is 0 Å². The molecule has 2 heterocycles. The van der Waals surface area contributed by atoms with Gasteiger partial charge in [-0.2, -0.15) is 18.3 Å². The number of nitrogens with zero attached hydrogens (tertiary/aromatic N) is 3. The molecule has 1 N–H and O–H groups in total. The zero-order valence-corrected chi connectivity index (χ0v) is 17.2. The summed E-state index contributed by atoms with van der Waals surface area (Å²) in [6.45, 7) is 0. The van der Waals surface area contributed by atoms with E-state index >= 15 is 0 Å². The lowest BCUT2D eigenvalue weighted by molar-refractivity contribution is -0.137. The highest BCUT2D eigenvalue weighted by molar-refractivity contribution is 7.92. The molecule has 0 spiro atoms. The van der Waals surface area contributed by atoms with E-state index in [0.717, 1.165) is 34.2 Å². The molecule has 0 aliphatic carbocycles. The third-order valence-electron chi connectivity index (χ3n) is 4.15. The van der Waals surface area contributed by atoms with E-state index in [9.17, 15) is 30.4 Å². The van der Waals surface area contributed by atoms with Crippen LogP contribution in [0.15, 0.2) is 46.1 Å². The van der Waals surface area contributed by atoms with Gasteiger partial charge in [0.25, 0.3) is 10.0 Å². The van der Waals surface area contributed by atoms with Gasteiger partial charge in [-0.15, -0.1) is 11.3 Å². The van der Waals surface area contributed by atoms with Crippen LogP contribution in [-0.4, -0.2) is 23.2 Å². The van der Waals surface area contributed by atoms with Crippen LogP contribution >= 0.6 is 22.9 Å². The molecule has 2 aromatic heterocycles. The quantitative estimate of drug-likeness (QED) is 0.394. The molecule has 0 amide bonds. The molecule has 162 valence electrons. The number of fused-ring (bicyclic) bond motifs is 1. The van der Waals surface area contributed by atoms with Crippen LogP contribution < -0.4 is 4.72 Å². The summed E-state index contributed by atoms with van der Waals surface area (Å²) < 4.78 is 95.8. The van der Waals surface area contributed by atoms with Gasteiger partial charge in [0.2, 0.25) is 0 Å². The summed E-state index contributed by atoms with van der Waals surface area (Å²) in [6.07, 6.45) is -4.64. The maximum Gasteiger partial charge on any atom is 0.416 e. The average molecular weight is 495 g/mol. The fraction of sp³-hybridized carbons (Fsp3) is 0.0588. The summed E-state index contributed by atoms with van der Waals surface area (Å²) in [5.41, 5.74) is -0.230. The Morgan fingerprint density at radius 3 is 2.48 bits per heavy atom.